The van der Waals surface area contributed by atoms with E-state index in [0.717, 1.165) is 4.90 Å². The van der Waals surface area contributed by atoms with Crippen molar-refractivity contribution in [3.63, 3.8) is 0 Å². The van der Waals surface area contributed by atoms with E-state index in [0.29, 0.717) is 0 Å². The number of nitrogens with one attached hydrogen (secondary N) is 1. The molecule has 44 heavy (non-hydrogen) atoms. The van der Waals surface area contributed by atoms with E-state index < -0.39 is 78.5 Å². The molecule has 3 amide bonds. The number of imide groups is 1. The number of hydrogen-bond donors (Lipinski definition) is 1. The van der Waals surface area contributed by atoms with Crippen molar-refractivity contribution in [2.45, 2.75) is 30.6 Å². The van der Waals surface area contributed by atoms with Crippen LogP contribution in [0.5, 0.6) is 0 Å². The van der Waals surface area contributed by atoms with Gasteiger partial charge in [0.15, 0.2) is 18.4 Å². The van der Waals surface area contributed by atoms with Gasteiger partial charge in [-0.2, -0.15) is 0 Å². The molecule has 2 aliphatic heterocycles. The van der Waals surface area contributed by atoms with E-state index in [-0.39, 0.29) is 16.7 Å². The first kappa shape index (κ1) is 29.8. The van der Waals surface area contributed by atoms with Crippen molar-refractivity contribution < 1.29 is 47.8 Å². The highest BCUT2D eigenvalue weighted by Gasteiger charge is 2.56. The summed E-state index contributed by atoms with van der Waals surface area (Å²) in [5.41, 5.74) is 0.466. The highest BCUT2D eigenvalue weighted by Crippen LogP contribution is 2.32. The first-order valence-electron chi connectivity index (χ1n) is 13.4. The minimum absolute atomic E-state index is 0.111. The van der Waals surface area contributed by atoms with Gasteiger partial charge in [0.25, 0.3) is 0 Å². The van der Waals surface area contributed by atoms with E-state index in [1.54, 1.807) is 54.6 Å². The summed E-state index contributed by atoms with van der Waals surface area (Å²) in [5.74, 6) is -3.60. The average Bonchev–Trinajstić information content (AvgIpc) is 3.36. The summed E-state index contributed by atoms with van der Waals surface area (Å²) in [6.45, 7) is -1.26. The van der Waals surface area contributed by atoms with Gasteiger partial charge in [-0.15, -0.1) is 0 Å². The number of rotatable bonds is 9. The van der Waals surface area contributed by atoms with Gasteiger partial charge in [0.1, 0.15) is 19.3 Å². The smallest absolute Gasteiger partial charge is 0.338 e. The van der Waals surface area contributed by atoms with Gasteiger partial charge in [-0.1, -0.05) is 54.6 Å². The molecule has 5 atom stereocenters. The van der Waals surface area contributed by atoms with E-state index in [1.807, 2.05) is 5.32 Å². The highest BCUT2D eigenvalue weighted by atomic mass is 16.7. The molecule has 0 aliphatic carbocycles. The lowest BCUT2D eigenvalue weighted by Crippen LogP contribution is -2.64. The summed E-state index contributed by atoms with van der Waals surface area (Å²) >= 11 is 0. The Morgan fingerprint density at radius 3 is 1.77 bits per heavy atom. The number of amides is 3. The molecular weight excluding hydrogens is 578 g/mol. The van der Waals surface area contributed by atoms with Crippen LogP contribution in [0.4, 0.5) is 4.79 Å². The predicted molar refractivity (Wildman–Crippen MR) is 148 cm³/mol. The van der Waals surface area contributed by atoms with Crippen LogP contribution >= 0.6 is 0 Å². The number of carbonyl (C=O) groups excluding carboxylic acids is 5. The van der Waals surface area contributed by atoms with Crippen molar-refractivity contribution in [2.75, 3.05) is 13.2 Å². The predicted octanol–water partition coefficient (Wildman–Crippen LogP) is 2.22. The van der Waals surface area contributed by atoms with Crippen LogP contribution in [0.15, 0.2) is 91.0 Å². The lowest BCUT2D eigenvalue weighted by molar-refractivity contribution is -0.509. The van der Waals surface area contributed by atoms with Gasteiger partial charge < -0.3 is 18.9 Å². The zero-order valence-corrected chi connectivity index (χ0v) is 22.8. The second-order valence-electron chi connectivity index (χ2n) is 9.75. The van der Waals surface area contributed by atoms with Crippen molar-refractivity contribution in [1.82, 2.24) is 10.2 Å². The van der Waals surface area contributed by atoms with Crippen LogP contribution in [-0.4, -0.2) is 83.4 Å². The molecule has 14 nitrogen and oxygen atoms in total. The van der Waals surface area contributed by atoms with E-state index in [2.05, 4.69) is 0 Å². The molecule has 0 radical (unpaired) electrons. The number of hydrogen-bond acceptors (Lipinski definition) is 11. The van der Waals surface area contributed by atoms with Crippen LogP contribution in [-0.2, 0) is 23.7 Å². The fourth-order valence-corrected chi connectivity index (χ4v) is 4.70. The standard InChI is InChI=1S/C30H25N3O11/c34-25-21(33(39)40)16-32(30(38)31-25)26-24(44-29(37)20-14-8-3-9-15-20)23(43-28(36)19-12-6-2-7-13-19)22(42-26)17-41-27(35)18-10-4-1-5-11-18/h1-15,21-24,26H,16-17H2,(H,31,34,38)/t21?,22-,23-,24-,26-/m1/s1. The minimum Gasteiger partial charge on any atom is -0.459 e. The number of nitro groups is 1. The third-order valence-corrected chi connectivity index (χ3v) is 6.90. The molecule has 2 aliphatic rings. The van der Waals surface area contributed by atoms with Gasteiger partial charge >= 0.3 is 35.9 Å². The van der Waals surface area contributed by atoms with Crippen LogP contribution in [0.2, 0.25) is 0 Å². The van der Waals surface area contributed by atoms with Crippen LogP contribution in [0.1, 0.15) is 31.1 Å². The topological polar surface area (TPSA) is 181 Å². The van der Waals surface area contributed by atoms with Crippen molar-refractivity contribution in [1.29, 1.82) is 0 Å². The zero-order chi connectivity index (χ0) is 31.2. The quantitative estimate of drug-likeness (QED) is 0.164. The molecule has 2 fully saturated rings. The molecule has 14 heteroatoms. The maximum atomic E-state index is 13.2. The van der Waals surface area contributed by atoms with E-state index in [9.17, 15) is 34.1 Å². The third kappa shape index (κ3) is 6.55. The van der Waals surface area contributed by atoms with Gasteiger partial charge in [-0.05, 0) is 36.4 Å². The van der Waals surface area contributed by atoms with Crippen LogP contribution in [0, 0.1) is 10.1 Å². The molecule has 0 saturated carbocycles. The van der Waals surface area contributed by atoms with Gasteiger partial charge in [0.2, 0.25) is 0 Å². The van der Waals surface area contributed by atoms with Gasteiger partial charge in [-0.3, -0.25) is 25.1 Å². The second-order valence-corrected chi connectivity index (χ2v) is 9.75. The number of urea groups is 1. The van der Waals surface area contributed by atoms with Crippen molar-refractivity contribution in [3.05, 3.63) is 118 Å². The molecule has 0 bridgehead atoms. The Morgan fingerprint density at radius 2 is 1.27 bits per heavy atom. The van der Waals surface area contributed by atoms with Crippen molar-refractivity contribution >= 4 is 29.8 Å². The van der Waals surface area contributed by atoms with Crippen LogP contribution in [0.3, 0.4) is 0 Å². The summed E-state index contributed by atoms with van der Waals surface area (Å²) in [7, 11) is 0. The molecule has 3 aromatic carbocycles. The fraction of sp³-hybridized carbons (Fsp3) is 0.233. The highest BCUT2D eigenvalue weighted by molar-refractivity contribution is 5.99. The van der Waals surface area contributed by atoms with E-state index >= 15 is 0 Å². The Balaban J connectivity index is 1.49. The monoisotopic (exact) mass is 603 g/mol. The Morgan fingerprint density at radius 1 is 0.795 bits per heavy atom. The van der Waals surface area contributed by atoms with Crippen molar-refractivity contribution in [2.24, 2.45) is 0 Å². The van der Waals surface area contributed by atoms with E-state index in [4.69, 9.17) is 18.9 Å². The summed E-state index contributed by atoms with van der Waals surface area (Å²) in [6, 6.07) is 20.7. The largest absolute Gasteiger partial charge is 0.459 e. The van der Waals surface area contributed by atoms with Crippen molar-refractivity contribution in [3.8, 4) is 0 Å². The number of ether oxygens (including phenoxy) is 4. The Bertz CT molecular complexity index is 1550. The molecule has 0 aromatic heterocycles. The van der Waals surface area contributed by atoms with Gasteiger partial charge in [-0.25, -0.2) is 19.2 Å². The lowest BCUT2D eigenvalue weighted by Gasteiger charge is -2.34. The first-order chi connectivity index (χ1) is 21.2. The molecule has 5 rings (SSSR count). The second kappa shape index (κ2) is 13.1. The Hall–Kier alpha value is -5.63. The lowest BCUT2D eigenvalue weighted by atomic mass is 10.1. The van der Waals surface area contributed by atoms with Crippen LogP contribution in [0.25, 0.3) is 0 Å². The number of benzene rings is 3. The molecular formula is C30H25N3O11. The van der Waals surface area contributed by atoms with Gasteiger partial charge in [0, 0.05) is 4.92 Å². The molecule has 1 N–H and O–H groups in total. The number of carbonyl (C=O) groups is 5. The maximum Gasteiger partial charge on any atom is 0.338 e. The average molecular weight is 604 g/mol. The van der Waals surface area contributed by atoms with E-state index in [1.165, 1.54) is 36.4 Å². The molecule has 3 aromatic rings. The molecule has 2 saturated heterocycles. The first-order valence-corrected chi connectivity index (χ1v) is 13.4. The SMILES string of the molecule is O=C(OC[C@H]1O[C@@H](N2CC([N+](=O)[O-])C(=O)NC2=O)[C@H](OC(=O)c2ccccc2)[C@@H]1OC(=O)c1ccccc1)c1ccccc1. The fourth-order valence-electron chi connectivity index (χ4n) is 4.70. The third-order valence-electron chi connectivity index (χ3n) is 6.90. The number of nitrogens with zero attached hydrogens (tertiary/aromatic N) is 2. The summed E-state index contributed by atoms with van der Waals surface area (Å²) in [4.78, 5) is 75.7. The molecule has 2 heterocycles. The summed E-state index contributed by atoms with van der Waals surface area (Å²) < 4.78 is 23.0. The maximum absolute atomic E-state index is 13.2. The number of esters is 3. The molecule has 1 unspecified atom stereocenters. The van der Waals surface area contributed by atoms with Gasteiger partial charge in [0.05, 0.1) is 16.7 Å². The Labute approximate surface area is 249 Å². The summed E-state index contributed by atoms with van der Waals surface area (Å²) in [6.07, 6.45) is -5.94. The molecule has 226 valence electrons. The minimum atomic E-state index is -1.86. The molecule has 0 spiro atoms. The van der Waals surface area contributed by atoms with Crippen LogP contribution < -0.4 is 5.32 Å². The Kier molecular flexibility index (Phi) is 8.90. The zero-order valence-electron chi connectivity index (χ0n) is 22.8. The normalized spacial score (nSPS) is 22.9. The summed E-state index contributed by atoms with van der Waals surface area (Å²) in [5, 5.41) is 13.5.